The topological polar surface area (TPSA) is 66.8 Å². The van der Waals surface area contributed by atoms with E-state index in [1.807, 2.05) is 0 Å². The molecule has 1 amide bonds. The van der Waals surface area contributed by atoms with E-state index in [0.29, 0.717) is 25.3 Å². The molecule has 1 fully saturated rings. The number of esters is 1. The molecule has 1 aliphatic heterocycles. The Bertz CT molecular complexity index is 298. The van der Waals surface area contributed by atoms with E-state index in [0.717, 1.165) is 25.7 Å². The van der Waals surface area contributed by atoms with Crippen LogP contribution in [0.1, 0.15) is 39.0 Å². The summed E-state index contributed by atoms with van der Waals surface area (Å²) in [5, 5.41) is 9.22. The van der Waals surface area contributed by atoms with Gasteiger partial charge in [0.15, 0.2) is 0 Å². The number of carbonyl (C=O) groups excluding carboxylic acids is 2. The van der Waals surface area contributed by atoms with Gasteiger partial charge in [0.05, 0.1) is 19.3 Å². The van der Waals surface area contributed by atoms with E-state index in [1.165, 1.54) is 11.8 Å². The molecule has 6 heteroatoms. The van der Waals surface area contributed by atoms with Crippen molar-refractivity contribution in [2.75, 3.05) is 25.5 Å². The number of carbonyl (C=O) groups is 2. The maximum absolute atomic E-state index is 11.5. The molecule has 0 radical (unpaired) electrons. The zero-order valence-electron chi connectivity index (χ0n) is 11.5. The Morgan fingerprint density at radius 1 is 1.42 bits per heavy atom. The molecule has 0 aromatic rings. The largest absolute Gasteiger partial charge is 0.466 e. The lowest BCUT2D eigenvalue weighted by molar-refractivity contribution is -0.143. The van der Waals surface area contributed by atoms with Crippen LogP contribution >= 0.6 is 11.8 Å². The van der Waals surface area contributed by atoms with E-state index in [1.54, 1.807) is 11.8 Å². The van der Waals surface area contributed by atoms with Crippen molar-refractivity contribution in [3.63, 3.8) is 0 Å². The number of hydrogen-bond acceptors (Lipinski definition) is 5. The van der Waals surface area contributed by atoms with Gasteiger partial charge in [-0.05, 0) is 19.8 Å². The highest BCUT2D eigenvalue weighted by Gasteiger charge is 2.30. The van der Waals surface area contributed by atoms with E-state index in [2.05, 4.69) is 0 Å². The Hall–Kier alpha value is -0.750. The minimum atomic E-state index is -0.131. The Morgan fingerprint density at radius 3 is 2.84 bits per heavy atom. The van der Waals surface area contributed by atoms with Gasteiger partial charge in [-0.2, -0.15) is 0 Å². The Labute approximate surface area is 118 Å². The van der Waals surface area contributed by atoms with Crippen molar-refractivity contribution >= 4 is 23.0 Å². The van der Waals surface area contributed by atoms with Crippen LogP contribution < -0.4 is 0 Å². The molecule has 0 bridgehead atoms. The average Bonchev–Trinajstić information content (AvgIpc) is 2.75. The summed E-state index contributed by atoms with van der Waals surface area (Å²) in [4.78, 5) is 24.4. The molecule has 1 atom stereocenters. The van der Waals surface area contributed by atoms with Gasteiger partial charge in [0.1, 0.15) is 0 Å². The lowest BCUT2D eigenvalue weighted by Crippen LogP contribution is -2.36. The molecule has 0 aromatic carbocycles. The Morgan fingerprint density at radius 2 is 2.16 bits per heavy atom. The van der Waals surface area contributed by atoms with Crippen LogP contribution in [-0.2, 0) is 9.53 Å². The first-order valence-corrected chi connectivity index (χ1v) is 7.87. The summed E-state index contributed by atoms with van der Waals surface area (Å²) in [6.07, 6.45) is 4.20. The summed E-state index contributed by atoms with van der Waals surface area (Å²) < 4.78 is 4.85. The predicted molar refractivity (Wildman–Crippen MR) is 75.2 cm³/mol. The van der Waals surface area contributed by atoms with E-state index >= 15 is 0 Å². The summed E-state index contributed by atoms with van der Waals surface area (Å²) in [6.45, 7) is 2.99. The molecule has 1 aliphatic rings. The van der Waals surface area contributed by atoms with Crippen LogP contribution in [0.5, 0.6) is 0 Å². The van der Waals surface area contributed by atoms with Gasteiger partial charge in [-0.3, -0.25) is 9.59 Å². The fourth-order valence-electron chi connectivity index (χ4n) is 2.05. The van der Waals surface area contributed by atoms with Gasteiger partial charge in [0.25, 0.3) is 5.24 Å². The van der Waals surface area contributed by atoms with E-state index in [-0.39, 0.29) is 23.9 Å². The van der Waals surface area contributed by atoms with Gasteiger partial charge in [-0.15, -0.1) is 0 Å². The number of rotatable bonds is 9. The van der Waals surface area contributed by atoms with Crippen molar-refractivity contribution in [2.24, 2.45) is 0 Å². The number of amides is 1. The second-order valence-corrected chi connectivity index (χ2v) is 5.55. The zero-order chi connectivity index (χ0) is 14.1. The minimum Gasteiger partial charge on any atom is -0.466 e. The molecule has 0 spiro atoms. The van der Waals surface area contributed by atoms with Gasteiger partial charge < -0.3 is 14.7 Å². The van der Waals surface area contributed by atoms with Gasteiger partial charge >= 0.3 is 5.97 Å². The molecule has 110 valence electrons. The normalized spacial score (nSPS) is 18.9. The number of unbranched alkanes of at least 4 members (excludes halogenated alkanes) is 3. The van der Waals surface area contributed by atoms with Crippen LogP contribution in [0.2, 0.25) is 0 Å². The van der Waals surface area contributed by atoms with Gasteiger partial charge in [-0.1, -0.05) is 24.6 Å². The highest BCUT2D eigenvalue weighted by molar-refractivity contribution is 8.13. The first kappa shape index (κ1) is 16.3. The quantitative estimate of drug-likeness (QED) is 0.519. The SMILES string of the molecule is CCOC(=O)CCCCCCN1C(=O)SCC1CO. The predicted octanol–water partition coefficient (Wildman–Crippen LogP) is 2.03. The molecule has 0 aromatic heterocycles. The highest BCUT2D eigenvalue weighted by atomic mass is 32.2. The lowest BCUT2D eigenvalue weighted by atomic mass is 10.1. The molecule has 0 aliphatic carbocycles. The van der Waals surface area contributed by atoms with Crippen molar-refractivity contribution in [3.05, 3.63) is 0 Å². The Kier molecular flexibility index (Phi) is 7.90. The van der Waals surface area contributed by atoms with Crippen LogP contribution in [-0.4, -0.2) is 52.8 Å². The number of hydrogen-bond donors (Lipinski definition) is 1. The van der Waals surface area contributed by atoms with Crippen molar-refractivity contribution in [3.8, 4) is 0 Å². The summed E-state index contributed by atoms with van der Waals surface area (Å²) in [6, 6.07) is -0.0166. The first-order valence-electron chi connectivity index (χ1n) is 6.89. The van der Waals surface area contributed by atoms with Gasteiger partial charge in [0, 0.05) is 18.7 Å². The molecule has 1 rings (SSSR count). The molecule has 1 heterocycles. The van der Waals surface area contributed by atoms with Gasteiger partial charge in [0.2, 0.25) is 0 Å². The minimum absolute atomic E-state index is 0.0166. The first-order chi connectivity index (χ1) is 9.19. The summed E-state index contributed by atoms with van der Waals surface area (Å²) in [7, 11) is 0. The van der Waals surface area contributed by atoms with Crippen LogP contribution in [0.4, 0.5) is 4.79 Å². The second-order valence-electron chi connectivity index (χ2n) is 4.58. The van der Waals surface area contributed by atoms with Crippen LogP contribution in [0.15, 0.2) is 0 Å². The standard InChI is InChI=1S/C13H23NO4S/c1-2-18-12(16)7-5-3-4-6-8-14-11(9-15)10-19-13(14)17/h11,15H,2-10H2,1H3. The monoisotopic (exact) mass is 289 g/mol. The molecule has 1 unspecified atom stereocenters. The molecule has 1 N–H and O–H groups in total. The smallest absolute Gasteiger partial charge is 0.305 e. The van der Waals surface area contributed by atoms with Crippen LogP contribution in [0.3, 0.4) is 0 Å². The van der Waals surface area contributed by atoms with Crippen LogP contribution in [0.25, 0.3) is 0 Å². The molecule has 0 saturated carbocycles. The third kappa shape index (κ3) is 5.82. The van der Waals surface area contributed by atoms with Crippen molar-refractivity contribution in [2.45, 2.75) is 45.1 Å². The number of nitrogens with zero attached hydrogens (tertiary/aromatic N) is 1. The van der Waals surface area contributed by atoms with Gasteiger partial charge in [-0.25, -0.2) is 0 Å². The molecular formula is C13H23NO4S. The van der Waals surface area contributed by atoms with E-state index in [9.17, 15) is 9.59 Å². The average molecular weight is 289 g/mol. The highest BCUT2D eigenvalue weighted by Crippen LogP contribution is 2.24. The molecule has 19 heavy (non-hydrogen) atoms. The van der Waals surface area contributed by atoms with E-state index in [4.69, 9.17) is 9.84 Å². The second kappa shape index (κ2) is 9.20. The number of aliphatic hydroxyl groups excluding tert-OH is 1. The summed E-state index contributed by atoms with van der Waals surface area (Å²) in [5.41, 5.74) is 0. The third-order valence-corrected chi connectivity index (χ3v) is 4.15. The van der Waals surface area contributed by atoms with E-state index < -0.39 is 0 Å². The van der Waals surface area contributed by atoms with Crippen LogP contribution in [0, 0.1) is 0 Å². The third-order valence-electron chi connectivity index (χ3n) is 3.12. The maximum Gasteiger partial charge on any atom is 0.305 e. The zero-order valence-corrected chi connectivity index (χ0v) is 12.3. The summed E-state index contributed by atoms with van der Waals surface area (Å²) >= 11 is 1.28. The summed E-state index contributed by atoms with van der Waals surface area (Å²) in [5.74, 6) is 0.562. The molecular weight excluding hydrogens is 266 g/mol. The lowest BCUT2D eigenvalue weighted by Gasteiger charge is -2.21. The number of aliphatic hydroxyl groups is 1. The molecule has 5 nitrogen and oxygen atoms in total. The fourth-order valence-corrected chi connectivity index (χ4v) is 3.08. The van der Waals surface area contributed by atoms with Crippen molar-refractivity contribution < 1.29 is 19.4 Å². The maximum atomic E-state index is 11.5. The number of ether oxygens (including phenoxy) is 1. The number of thioether (sulfide) groups is 1. The van der Waals surface area contributed by atoms with Crippen molar-refractivity contribution in [1.29, 1.82) is 0 Å². The Balaban J connectivity index is 2.04. The van der Waals surface area contributed by atoms with Crippen molar-refractivity contribution in [1.82, 2.24) is 4.90 Å². The fraction of sp³-hybridized carbons (Fsp3) is 0.846. The molecule has 1 saturated heterocycles.